The number of carboxylic acid groups (broad SMARTS) is 1. The molecule has 0 aliphatic carbocycles. The zero-order chi connectivity index (χ0) is 8.97. The van der Waals surface area contributed by atoms with Gasteiger partial charge in [0.05, 0.1) is 0 Å². The molecule has 1 saturated heterocycles. The summed E-state index contributed by atoms with van der Waals surface area (Å²) >= 11 is 0. The van der Waals surface area contributed by atoms with Crippen LogP contribution in [0.1, 0.15) is 32.6 Å². The molecular formula is C9H17BO2. The quantitative estimate of drug-likeness (QED) is 0.653. The van der Waals surface area contributed by atoms with Crippen molar-refractivity contribution in [3.05, 3.63) is 0 Å². The minimum atomic E-state index is -0.645. The number of carbonyl (C=O) groups is 1. The van der Waals surface area contributed by atoms with Gasteiger partial charge in [0.25, 0.3) is 0 Å². The maximum absolute atomic E-state index is 10.3. The first-order chi connectivity index (χ1) is 5.68. The first kappa shape index (κ1) is 9.62. The van der Waals surface area contributed by atoms with E-state index in [-0.39, 0.29) is 0 Å². The molecule has 1 heterocycles. The van der Waals surface area contributed by atoms with Crippen LogP contribution in [0.25, 0.3) is 0 Å². The normalized spacial score (nSPS) is 29.4. The first-order valence-corrected chi connectivity index (χ1v) is 4.90. The second-order valence-corrected chi connectivity index (χ2v) is 4.06. The summed E-state index contributed by atoms with van der Waals surface area (Å²) in [6.07, 6.45) is 5.04. The molecule has 0 aromatic carbocycles. The zero-order valence-electron chi connectivity index (χ0n) is 7.75. The van der Waals surface area contributed by atoms with Gasteiger partial charge in [-0.05, 0) is 12.3 Å². The van der Waals surface area contributed by atoms with Crippen LogP contribution in [0, 0.1) is 5.92 Å². The maximum Gasteiger partial charge on any atom is 0.303 e. The molecule has 2 unspecified atom stereocenters. The number of hydrogen-bond acceptors (Lipinski definition) is 1. The van der Waals surface area contributed by atoms with Crippen molar-refractivity contribution in [1.82, 2.24) is 0 Å². The highest BCUT2D eigenvalue weighted by Gasteiger charge is 2.19. The van der Waals surface area contributed by atoms with E-state index in [1.54, 1.807) is 0 Å². The molecule has 0 aromatic rings. The molecule has 0 radical (unpaired) electrons. The molecule has 3 heteroatoms. The lowest BCUT2D eigenvalue weighted by Gasteiger charge is -2.24. The van der Waals surface area contributed by atoms with Gasteiger partial charge in [0, 0.05) is 6.42 Å². The Labute approximate surface area is 74.6 Å². The fourth-order valence-corrected chi connectivity index (χ4v) is 1.95. The van der Waals surface area contributed by atoms with E-state index in [4.69, 9.17) is 5.11 Å². The highest BCUT2D eigenvalue weighted by Crippen LogP contribution is 2.29. The van der Waals surface area contributed by atoms with Crippen molar-refractivity contribution in [2.24, 2.45) is 5.92 Å². The van der Waals surface area contributed by atoms with E-state index >= 15 is 0 Å². The largest absolute Gasteiger partial charge is 0.481 e. The molecule has 2 nitrogen and oxygen atoms in total. The van der Waals surface area contributed by atoms with Crippen molar-refractivity contribution in [1.29, 1.82) is 0 Å². The number of rotatable bonds is 3. The first-order valence-electron chi connectivity index (χ1n) is 4.90. The average molecular weight is 168 g/mol. The van der Waals surface area contributed by atoms with Crippen LogP contribution in [0.3, 0.4) is 0 Å². The summed E-state index contributed by atoms with van der Waals surface area (Å²) in [5.41, 5.74) is 0. The summed E-state index contributed by atoms with van der Waals surface area (Å²) in [7, 11) is 1.30. The second-order valence-electron chi connectivity index (χ2n) is 4.06. The standard InChI is InChI=1S/C9H17BO2/c1-7-2-3-8(6-10-7)4-5-9(11)12/h7-8,10H,2-6H2,1H3,(H,11,12). The van der Waals surface area contributed by atoms with E-state index < -0.39 is 5.97 Å². The van der Waals surface area contributed by atoms with Gasteiger partial charge in [-0.25, -0.2) is 0 Å². The van der Waals surface area contributed by atoms with Crippen LogP contribution in [-0.2, 0) is 4.79 Å². The van der Waals surface area contributed by atoms with Gasteiger partial charge >= 0.3 is 5.97 Å². The third-order valence-corrected chi connectivity index (χ3v) is 2.90. The molecule has 1 aliphatic heterocycles. The van der Waals surface area contributed by atoms with Gasteiger partial charge in [-0.1, -0.05) is 31.9 Å². The lowest BCUT2D eigenvalue weighted by atomic mass is 9.53. The lowest BCUT2D eigenvalue weighted by molar-refractivity contribution is -0.137. The van der Waals surface area contributed by atoms with Gasteiger partial charge < -0.3 is 5.11 Å². The Morgan fingerprint density at radius 2 is 2.33 bits per heavy atom. The smallest absolute Gasteiger partial charge is 0.303 e. The lowest BCUT2D eigenvalue weighted by Crippen LogP contribution is -2.16. The molecule has 68 valence electrons. The van der Waals surface area contributed by atoms with Crippen LogP contribution in [0.5, 0.6) is 0 Å². The Balaban J connectivity index is 2.13. The van der Waals surface area contributed by atoms with E-state index in [1.807, 2.05) is 0 Å². The maximum atomic E-state index is 10.3. The van der Waals surface area contributed by atoms with Crippen molar-refractivity contribution in [3.8, 4) is 0 Å². The van der Waals surface area contributed by atoms with E-state index in [0.29, 0.717) is 12.3 Å². The predicted molar refractivity (Wildman–Crippen MR) is 51.0 cm³/mol. The summed E-state index contributed by atoms with van der Waals surface area (Å²) in [5, 5.41) is 8.50. The second kappa shape index (κ2) is 4.53. The van der Waals surface area contributed by atoms with Crippen molar-refractivity contribution < 1.29 is 9.90 Å². The van der Waals surface area contributed by atoms with Crippen LogP contribution in [0.2, 0.25) is 12.1 Å². The van der Waals surface area contributed by atoms with E-state index in [0.717, 1.165) is 12.2 Å². The van der Waals surface area contributed by atoms with E-state index in [9.17, 15) is 4.79 Å². The molecule has 0 amide bonds. The van der Waals surface area contributed by atoms with Gasteiger partial charge in [0.15, 0.2) is 0 Å². The minimum absolute atomic E-state index is 0.360. The summed E-state index contributed by atoms with van der Waals surface area (Å²) in [4.78, 5) is 10.3. The number of aliphatic carboxylic acids is 1. The Morgan fingerprint density at radius 3 is 2.83 bits per heavy atom. The fraction of sp³-hybridized carbons (Fsp3) is 0.889. The topological polar surface area (TPSA) is 37.3 Å². The van der Waals surface area contributed by atoms with Crippen molar-refractivity contribution in [2.45, 2.75) is 44.7 Å². The summed E-state index contributed by atoms with van der Waals surface area (Å²) in [5.74, 6) is 0.914. The van der Waals surface area contributed by atoms with Gasteiger partial charge in [-0.2, -0.15) is 0 Å². The number of hydrogen-bond donors (Lipinski definition) is 1. The zero-order valence-corrected chi connectivity index (χ0v) is 7.75. The molecule has 2 atom stereocenters. The summed E-state index contributed by atoms with van der Waals surface area (Å²) in [6.45, 7) is 2.29. The molecule has 1 rings (SSSR count). The molecule has 0 spiro atoms. The summed E-state index contributed by atoms with van der Waals surface area (Å²) < 4.78 is 0. The average Bonchev–Trinajstić information content (AvgIpc) is 2.03. The Morgan fingerprint density at radius 1 is 1.58 bits per heavy atom. The van der Waals surface area contributed by atoms with Gasteiger partial charge in [-0.3, -0.25) is 4.79 Å². The molecule has 0 aromatic heterocycles. The third-order valence-electron chi connectivity index (χ3n) is 2.90. The fourth-order valence-electron chi connectivity index (χ4n) is 1.95. The third kappa shape index (κ3) is 3.29. The Bertz CT molecular complexity index is 151. The van der Waals surface area contributed by atoms with Crippen molar-refractivity contribution >= 4 is 13.2 Å². The predicted octanol–water partition coefficient (Wildman–Crippen LogP) is 1.92. The SMILES string of the molecule is CC1BCC(CCC(=O)O)CC1. The Kier molecular flexibility index (Phi) is 3.64. The van der Waals surface area contributed by atoms with Gasteiger partial charge in [0.2, 0.25) is 0 Å². The highest BCUT2D eigenvalue weighted by molar-refractivity contribution is 6.37. The molecular weight excluding hydrogens is 151 g/mol. The van der Waals surface area contributed by atoms with Crippen LogP contribution >= 0.6 is 0 Å². The van der Waals surface area contributed by atoms with Crippen LogP contribution < -0.4 is 0 Å². The van der Waals surface area contributed by atoms with Crippen LogP contribution in [0.15, 0.2) is 0 Å². The van der Waals surface area contributed by atoms with Crippen molar-refractivity contribution in [3.63, 3.8) is 0 Å². The number of carboxylic acids is 1. The Hall–Kier alpha value is -0.465. The van der Waals surface area contributed by atoms with E-state index in [2.05, 4.69) is 6.92 Å². The molecule has 12 heavy (non-hydrogen) atoms. The summed E-state index contributed by atoms with van der Waals surface area (Å²) in [6, 6.07) is 0. The van der Waals surface area contributed by atoms with Gasteiger partial charge in [-0.15, -0.1) is 0 Å². The van der Waals surface area contributed by atoms with E-state index in [1.165, 1.54) is 26.4 Å². The minimum Gasteiger partial charge on any atom is -0.481 e. The molecule has 1 aliphatic rings. The molecule has 1 fully saturated rings. The van der Waals surface area contributed by atoms with Gasteiger partial charge in [0.1, 0.15) is 7.28 Å². The molecule has 1 N–H and O–H groups in total. The van der Waals surface area contributed by atoms with Crippen LogP contribution in [0.4, 0.5) is 0 Å². The molecule has 0 saturated carbocycles. The van der Waals surface area contributed by atoms with Crippen LogP contribution in [-0.4, -0.2) is 18.4 Å². The molecule has 0 bridgehead atoms. The monoisotopic (exact) mass is 168 g/mol. The highest BCUT2D eigenvalue weighted by atomic mass is 16.4. The van der Waals surface area contributed by atoms with Crippen molar-refractivity contribution in [2.75, 3.05) is 0 Å².